The van der Waals surface area contributed by atoms with E-state index >= 15 is 0 Å². The number of hydrogen-bond donors (Lipinski definition) is 0. The van der Waals surface area contributed by atoms with Crippen molar-refractivity contribution in [2.75, 3.05) is 46.2 Å². The maximum atomic E-state index is 12.4. The van der Waals surface area contributed by atoms with Gasteiger partial charge in [-0.25, -0.2) is 13.8 Å². The summed E-state index contributed by atoms with van der Waals surface area (Å²) in [6.07, 6.45) is 7.98. The Labute approximate surface area is 219 Å². The van der Waals surface area contributed by atoms with Gasteiger partial charge in [0.2, 0.25) is 0 Å². The number of piperidine rings is 1. The number of anilines is 1. The van der Waals surface area contributed by atoms with Gasteiger partial charge in [0.05, 0.1) is 30.9 Å². The molecule has 0 radical (unpaired) electrons. The number of likely N-dealkylation sites (tertiary alicyclic amines) is 1. The Morgan fingerprint density at radius 2 is 1.62 bits per heavy atom. The van der Waals surface area contributed by atoms with E-state index in [9.17, 15) is 13.6 Å². The van der Waals surface area contributed by atoms with Gasteiger partial charge < -0.3 is 14.5 Å². The predicted octanol–water partition coefficient (Wildman–Crippen LogP) is 5.49. The highest BCUT2D eigenvalue weighted by Crippen LogP contribution is 2.26. The fraction of sp³-hybridized carbons (Fsp3) is 0.481. The number of carbonyl (C=O) groups excluding carboxylic acids is 2. The summed E-state index contributed by atoms with van der Waals surface area (Å²) < 4.78 is 30.5. The standard InChI is InChI=1S/C15H14N4O.C6H11F2N.C2H4O2.2C2H6/c1-18(2)13-6-14(9-16-8-13)19-4-3-12-5-11(10-20)7-17-15(12)19;1-9-4-2-6(7,8)3-5-9;1-4-2-3;2*1-2/h3-10H,1-2H3;2-5H2,1H3;2H,1H3;2*1-2H3. The van der Waals surface area contributed by atoms with E-state index in [0.29, 0.717) is 25.1 Å². The van der Waals surface area contributed by atoms with Gasteiger partial charge in [-0.3, -0.25) is 19.1 Å². The molecule has 0 saturated carbocycles. The molecule has 0 amide bonds. The summed E-state index contributed by atoms with van der Waals surface area (Å²) in [5, 5.41) is 0.935. The number of ether oxygens (including phenoxy) is 1. The lowest BCUT2D eigenvalue weighted by atomic mass is 10.1. The van der Waals surface area contributed by atoms with E-state index in [1.54, 1.807) is 12.4 Å². The van der Waals surface area contributed by atoms with Crippen molar-refractivity contribution in [1.29, 1.82) is 0 Å². The number of alkyl halides is 2. The van der Waals surface area contributed by atoms with Gasteiger partial charge in [-0.1, -0.05) is 27.7 Å². The number of carbonyl (C=O) groups is 2. The molecule has 206 valence electrons. The number of nitrogens with zero attached hydrogens (tertiary/aromatic N) is 5. The topological polar surface area (TPSA) is 80.6 Å². The minimum atomic E-state index is -2.38. The van der Waals surface area contributed by atoms with Crippen LogP contribution in [0.5, 0.6) is 0 Å². The average Bonchev–Trinajstić information content (AvgIpc) is 3.36. The van der Waals surface area contributed by atoms with Gasteiger partial charge in [0.15, 0.2) is 6.29 Å². The first-order valence-electron chi connectivity index (χ1n) is 12.3. The van der Waals surface area contributed by atoms with Crippen molar-refractivity contribution in [3.05, 3.63) is 48.5 Å². The summed E-state index contributed by atoms with van der Waals surface area (Å²) in [6, 6.07) is 5.81. The van der Waals surface area contributed by atoms with E-state index in [-0.39, 0.29) is 12.8 Å². The van der Waals surface area contributed by atoms with E-state index in [2.05, 4.69) is 14.7 Å². The van der Waals surface area contributed by atoms with Crippen LogP contribution in [0.2, 0.25) is 0 Å². The fourth-order valence-electron chi connectivity index (χ4n) is 3.05. The van der Waals surface area contributed by atoms with E-state index < -0.39 is 5.92 Å². The summed E-state index contributed by atoms with van der Waals surface area (Å²) in [6.45, 7) is 9.44. The first-order chi connectivity index (χ1) is 17.7. The third-order valence-electron chi connectivity index (χ3n) is 5.00. The smallest absolute Gasteiger partial charge is 0.292 e. The van der Waals surface area contributed by atoms with E-state index in [0.717, 1.165) is 28.7 Å². The van der Waals surface area contributed by atoms with E-state index in [4.69, 9.17) is 4.79 Å². The lowest BCUT2D eigenvalue weighted by Gasteiger charge is -2.28. The van der Waals surface area contributed by atoms with Crippen LogP contribution in [0.1, 0.15) is 50.9 Å². The highest BCUT2D eigenvalue weighted by Gasteiger charge is 2.32. The second-order valence-corrected chi connectivity index (χ2v) is 7.77. The molecule has 0 atom stereocenters. The molecule has 1 aliphatic heterocycles. The molecule has 4 heterocycles. The van der Waals surface area contributed by atoms with Crippen LogP contribution in [0.15, 0.2) is 43.0 Å². The number of pyridine rings is 2. The normalized spacial score (nSPS) is 13.6. The molecule has 0 N–H and O–H groups in total. The minimum absolute atomic E-state index is 0.0312. The molecular weight excluding hydrogens is 480 g/mol. The Balaban J connectivity index is 0.000000635. The molecule has 0 aliphatic carbocycles. The van der Waals surface area contributed by atoms with Crippen LogP contribution < -0.4 is 4.90 Å². The molecule has 3 aromatic rings. The Kier molecular flexibility index (Phi) is 16.3. The number of fused-ring (bicyclic) bond motifs is 1. The quantitative estimate of drug-likeness (QED) is 0.420. The Bertz CT molecular complexity index is 1050. The monoisotopic (exact) mass is 521 g/mol. The minimum Gasteiger partial charge on any atom is -0.471 e. The van der Waals surface area contributed by atoms with Crippen LogP contribution in [0, 0.1) is 0 Å². The number of halogens is 2. The largest absolute Gasteiger partial charge is 0.471 e. The highest BCUT2D eigenvalue weighted by atomic mass is 19.3. The second kappa shape index (κ2) is 17.9. The van der Waals surface area contributed by atoms with Gasteiger partial charge in [0, 0.05) is 63.4 Å². The zero-order valence-electron chi connectivity index (χ0n) is 23.2. The fourth-order valence-corrected chi connectivity index (χ4v) is 3.05. The van der Waals surface area contributed by atoms with Crippen molar-refractivity contribution in [2.24, 2.45) is 0 Å². The predicted molar refractivity (Wildman–Crippen MR) is 146 cm³/mol. The summed E-state index contributed by atoms with van der Waals surface area (Å²) in [5.74, 6) is -2.38. The number of aldehydes is 1. The molecule has 1 fully saturated rings. The molecule has 0 spiro atoms. The lowest BCUT2D eigenvalue weighted by Crippen LogP contribution is -2.36. The van der Waals surface area contributed by atoms with Crippen LogP contribution in [-0.2, 0) is 9.53 Å². The van der Waals surface area contributed by atoms with Gasteiger partial charge in [-0.15, -0.1) is 0 Å². The molecule has 3 aromatic heterocycles. The van der Waals surface area contributed by atoms with Gasteiger partial charge in [-0.05, 0) is 25.2 Å². The van der Waals surface area contributed by atoms with Crippen LogP contribution in [0.4, 0.5) is 14.5 Å². The Morgan fingerprint density at radius 3 is 2.11 bits per heavy atom. The second-order valence-electron chi connectivity index (χ2n) is 7.77. The third-order valence-corrected chi connectivity index (χ3v) is 5.00. The Hall–Kier alpha value is -3.40. The van der Waals surface area contributed by atoms with Gasteiger partial charge in [0.25, 0.3) is 12.4 Å². The Morgan fingerprint density at radius 1 is 1.03 bits per heavy atom. The van der Waals surface area contributed by atoms with Crippen LogP contribution >= 0.6 is 0 Å². The van der Waals surface area contributed by atoms with Gasteiger partial charge in [0.1, 0.15) is 5.65 Å². The summed E-state index contributed by atoms with van der Waals surface area (Å²) in [5.41, 5.74) is 3.36. The van der Waals surface area contributed by atoms with Gasteiger partial charge in [-0.2, -0.15) is 0 Å². The highest BCUT2D eigenvalue weighted by molar-refractivity contribution is 5.85. The average molecular weight is 522 g/mol. The molecule has 0 bridgehead atoms. The zero-order chi connectivity index (χ0) is 28.4. The SMILES string of the molecule is CC.CC.CN(C)c1cncc(-n2ccc3cc(C=O)cnc32)c1.CN1CCC(F)(F)CC1.COC=O. The zero-order valence-corrected chi connectivity index (χ0v) is 23.2. The van der Waals surface area contributed by atoms with Crippen molar-refractivity contribution in [1.82, 2.24) is 19.4 Å². The summed E-state index contributed by atoms with van der Waals surface area (Å²) >= 11 is 0. The number of methoxy groups -OCH3 is 1. The molecular formula is C27H41F2N5O3. The van der Waals surface area contributed by atoms with Crippen LogP contribution in [0.3, 0.4) is 0 Å². The van der Waals surface area contributed by atoms with Crippen molar-refractivity contribution in [3.8, 4) is 5.69 Å². The molecule has 0 unspecified atom stereocenters. The van der Waals surface area contributed by atoms with Crippen LogP contribution in [0.25, 0.3) is 16.7 Å². The van der Waals surface area contributed by atoms with Crippen LogP contribution in [-0.4, -0.2) is 79.5 Å². The summed E-state index contributed by atoms with van der Waals surface area (Å²) in [4.78, 5) is 32.3. The number of rotatable bonds is 4. The van der Waals surface area contributed by atoms with Crippen molar-refractivity contribution in [3.63, 3.8) is 0 Å². The molecule has 1 saturated heterocycles. The van der Waals surface area contributed by atoms with Crippen molar-refractivity contribution < 1.29 is 23.1 Å². The summed E-state index contributed by atoms with van der Waals surface area (Å²) in [7, 11) is 7.13. The third kappa shape index (κ3) is 11.5. The van der Waals surface area contributed by atoms with E-state index in [1.807, 2.05) is 93.8 Å². The number of hydrogen-bond acceptors (Lipinski definition) is 7. The van der Waals surface area contributed by atoms with Gasteiger partial charge >= 0.3 is 0 Å². The first kappa shape index (κ1) is 33.6. The van der Waals surface area contributed by atoms with Crippen molar-refractivity contribution >= 4 is 29.5 Å². The molecule has 1 aliphatic rings. The first-order valence-corrected chi connectivity index (χ1v) is 12.3. The maximum Gasteiger partial charge on any atom is 0.292 e. The van der Waals surface area contributed by atoms with E-state index in [1.165, 1.54) is 7.11 Å². The molecule has 10 heteroatoms. The molecule has 0 aromatic carbocycles. The number of aromatic nitrogens is 3. The van der Waals surface area contributed by atoms with Crippen molar-refractivity contribution in [2.45, 2.75) is 46.5 Å². The lowest BCUT2D eigenvalue weighted by molar-refractivity contribution is -0.126. The maximum absolute atomic E-state index is 12.4. The molecule has 37 heavy (non-hydrogen) atoms. The molecule has 8 nitrogen and oxygen atoms in total. The molecule has 4 rings (SSSR count).